The van der Waals surface area contributed by atoms with Gasteiger partial charge in [-0.05, 0) is 45.6 Å². The summed E-state index contributed by atoms with van der Waals surface area (Å²) in [5.41, 5.74) is 6.02. The zero-order chi connectivity index (χ0) is 14.8. The number of piperidine rings is 1. The third-order valence-corrected chi connectivity index (χ3v) is 3.64. The number of allylic oxidation sites excluding steroid dienone is 1. The van der Waals surface area contributed by atoms with E-state index < -0.39 is 5.60 Å². The topological polar surface area (TPSA) is 67.6 Å². The molecule has 1 atom stereocenters. The van der Waals surface area contributed by atoms with E-state index >= 15 is 0 Å². The van der Waals surface area contributed by atoms with Crippen LogP contribution in [-0.4, -0.2) is 35.7 Å². The molecule has 5 nitrogen and oxygen atoms in total. The Morgan fingerprint density at radius 1 is 1.40 bits per heavy atom. The lowest BCUT2D eigenvalue weighted by Crippen LogP contribution is -2.45. The van der Waals surface area contributed by atoms with Crippen LogP contribution < -0.4 is 11.1 Å². The number of amides is 1. The first-order chi connectivity index (χ1) is 9.35. The second kappa shape index (κ2) is 5.77. The van der Waals surface area contributed by atoms with Gasteiger partial charge in [0, 0.05) is 31.0 Å². The summed E-state index contributed by atoms with van der Waals surface area (Å²) < 4.78 is 5.40. The first-order valence-electron chi connectivity index (χ1n) is 7.23. The number of nitrogens with two attached hydrogens (primary N) is 1. The Morgan fingerprint density at radius 2 is 2.05 bits per heavy atom. The molecule has 1 unspecified atom stereocenters. The summed E-state index contributed by atoms with van der Waals surface area (Å²) in [5.74, 6) is 0.536. The molecule has 0 radical (unpaired) electrons. The molecule has 5 heteroatoms. The zero-order valence-corrected chi connectivity index (χ0v) is 12.6. The van der Waals surface area contributed by atoms with Crippen molar-refractivity contribution in [2.45, 2.75) is 45.3 Å². The van der Waals surface area contributed by atoms with E-state index in [9.17, 15) is 4.79 Å². The van der Waals surface area contributed by atoms with Crippen molar-refractivity contribution in [1.29, 1.82) is 0 Å². The van der Waals surface area contributed by atoms with Gasteiger partial charge >= 0.3 is 6.09 Å². The summed E-state index contributed by atoms with van der Waals surface area (Å²) in [6.07, 6.45) is 7.67. The molecule has 0 bridgehead atoms. The Balaban J connectivity index is 1.81. The van der Waals surface area contributed by atoms with Gasteiger partial charge in [-0.3, -0.25) is 0 Å². The van der Waals surface area contributed by atoms with Crippen molar-refractivity contribution in [1.82, 2.24) is 10.2 Å². The van der Waals surface area contributed by atoms with E-state index in [-0.39, 0.29) is 6.09 Å². The minimum atomic E-state index is -0.427. The fourth-order valence-electron chi connectivity index (χ4n) is 2.57. The normalized spacial score (nSPS) is 24.1. The number of ether oxygens (including phenoxy) is 1. The number of dihydropyridines is 1. The van der Waals surface area contributed by atoms with Gasteiger partial charge in [0.1, 0.15) is 5.60 Å². The van der Waals surface area contributed by atoms with E-state index in [1.807, 2.05) is 33.0 Å². The van der Waals surface area contributed by atoms with Crippen molar-refractivity contribution in [3.63, 3.8) is 0 Å². The van der Waals surface area contributed by atoms with E-state index in [0.717, 1.165) is 31.6 Å². The van der Waals surface area contributed by atoms with Gasteiger partial charge < -0.3 is 20.7 Å². The Morgan fingerprint density at radius 3 is 2.55 bits per heavy atom. The van der Waals surface area contributed by atoms with Crippen LogP contribution in [0.1, 0.15) is 33.6 Å². The highest BCUT2D eigenvalue weighted by molar-refractivity contribution is 5.68. The summed E-state index contributed by atoms with van der Waals surface area (Å²) in [7, 11) is 0. The van der Waals surface area contributed by atoms with E-state index in [0.29, 0.717) is 12.0 Å². The van der Waals surface area contributed by atoms with Crippen LogP contribution in [0.15, 0.2) is 24.0 Å². The molecule has 20 heavy (non-hydrogen) atoms. The largest absolute Gasteiger partial charge is 0.444 e. The summed E-state index contributed by atoms with van der Waals surface area (Å²) in [6, 6.07) is 0.322. The SMILES string of the molecule is CC(C)(C)OC(=O)N1CCC(C2C=CC(N)=CN2)CC1. The Labute approximate surface area is 120 Å². The van der Waals surface area contributed by atoms with Gasteiger partial charge in [0.15, 0.2) is 0 Å². The molecule has 2 aliphatic heterocycles. The molecule has 1 amide bonds. The third-order valence-electron chi connectivity index (χ3n) is 3.64. The monoisotopic (exact) mass is 279 g/mol. The summed E-state index contributed by atoms with van der Waals surface area (Å²) in [5, 5.41) is 3.31. The number of likely N-dealkylation sites (tertiary alicyclic amines) is 1. The van der Waals surface area contributed by atoms with Gasteiger partial charge in [-0.2, -0.15) is 0 Å². The standard InChI is InChI=1S/C15H25N3O2/c1-15(2,3)20-14(19)18-8-6-11(7-9-18)13-5-4-12(16)10-17-13/h4-5,10-11,13,17H,6-9,16H2,1-3H3. The molecule has 0 aromatic heterocycles. The molecule has 0 saturated carbocycles. The van der Waals surface area contributed by atoms with Gasteiger partial charge in [-0.15, -0.1) is 0 Å². The van der Waals surface area contributed by atoms with Gasteiger partial charge in [-0.1, -0.05) is 6.08 Å². The van der Waals surface area contributed by atoms with Crippen LogP contribution in [0.3, 0.4) is 0 Å². The van der Waals surface area contributed by atoms with Crippen LogP contribution in [0.2, 0.25) is 0 Å². The van der Waals surface area contributed by atoms with E-state index in [1.165, 1.54) is 0 Å². The third kappa shape index (κ3) is 3.92. The number of hydrogen-bond donors (Lipinski definition) is 2. The average Bonchev–Trinajstić information content (AvgIpc) is 2.38. The number of rotatable bonds is 1. The lowest BCUT2D eigenvalue weighted by molar-refractivity contribution is 0.0177. The minimum Gasteiger partial charge on any atom is -0.444 e. The molecule has 0 aromatic carbocycles. The summed E-state index contributed by atoms with van der Waals surface area (Å²) in [6.45, 7) is 7.19. The number of carbonyl (C=O) groups is 1. The molecule has 3 N–H and O–H groups in total. The Hall–Kier alpha value is -1.65. The molecule has 0 aromatic rings. The van der Waals surface area contributed by atoms with Gasteiger partial charge in [0.2, 0.25) is 0 Å². The predicted molar refractivity (Wildman–Crippen MR) is 78.9 cm³/mol. The number of carbonyl (C=O) groups excluding carboxylic acids is 1. The quantitative estimate of drug-likeness (QED) is 0.770. The molecular weight excluding hydrogens is 254 g/mol. The molecule has 2 heterocycles. The average molecular weight is 279 g/mol. The highest BCUT2D eigenvalue weighted by atomic mass is 16.6. The number of hydrogen-bond acceptors (Lipinski definition) is 4. The highest BCUT2D eigenvalue weighted by Gasteiger charge is 2.29. The lowest BCUT2D eigenvalue weighted by Gasteiger charge is -2.36. The van der Waals surface area contributed by atoms with E-state index in [2.05, 4.69) is 11.4 Å². The van der Waals surface area contributed by atoms with Crippen LogP contribution >= 0.6 is 0 Å². The molecule has 1 fully saturated rings. The number of nitrogens with zero attached hydrogens (tertiary/aromatic N) is 1. The van der Waals surface area contributed by atoms with Gasteiger partial charge in [0.25, 0.3) is 0 Å². The molecular formula is C15H25N3O2. The smallest absolute Gasteiger partial charge is 0.410 e. The lowest BCUT2D eigenvalue weighted by atomic mass is 9.88. The first-order valence-corrected chi connectivity index (χ1v) is 7.23. The highest BCUT2D eigenvalue weighted by Crippen LogP contribution is 2.24. The second-order valence-electron chi connectivity index (χ2n) is 6.50. The molecule has 2 aliphatic rings. The van der Waals surface area contributed by atoms with Crippen molar-refractivity contribution < 1.29 is 9.53 Å². The Kier molecular flexibility index (Phi) is 4.26. The van der Waals surface area contributed by atoms with Crippen molar-refractivity contribution >= 4 is 6.09 Å². The molecule has 0 aliphatic carbocycles. The predicted octanol–water partition coefficient (Wildman–Crippen LogP) is 1.96. The minimum absolute atomic E-state index is 0.202. The molecule has 0 spiro atoms. The van der Waals surface area contributed by atoms with Crippen LogP contribution in [0.5, 0.6) is 0 Å². The molecule has 2 rings (SSSR count). The maximum atomic E-state index is 12.0. The van der Waals surface area contributed by atoms with Gasteiger partial charge in [0.05, 0.1) is 0 Å². The molecule has 1 saturated heterocycles. The zero-order valence-electron chi connectivity index (χ0n) is 12.6. The summed E-state index contributed by atoms with van der Waals surface area (Å²) >= 11 is 0. The maximum absolute atomic E-state index is 12.0. The van der Waals surface area contributed by atoms with Crippen LogP contribution in [0.4, 0.5) is 4.79 Å². The fraction of sp³-hybridized carbons (Fsp3) is 0.667. The van der Waals surface area contributed by atoms with Crippen molar-refractivity contribution in [2.75, 3.05) is 13.1 Å². The molecule has 112 valence electrons. The van der Waals surface area contributed by atoms with Crippen molar-refractivity contribution in [3.8, 4) is 0 Å². The second-order valence-corrected chi connectivity index (χ2v) is 6.50. The summed E-state index contributed by atoms with van der Waals surface area (Å²) in [4.78, 5) is 13.8. The fourth-order valence-corrected chi connectivity index (χ4v) is 2.57. The van der Waals surface area contributed by atoms with E-state index in [4.69, 9.17) is 10.5 Å². The number of nitrogens with one attached hydrogen (secondary N) is 1. The maximum Gasteiger partial charge on any atom is 0.410 e. The van der Waals surface area contributed by atoms with Gasteiger partial charge in [-0.25, -0.2) is 4.79 Å². The Bertz CT molecular complexity index is 415. The van der Waals surface area contributed by atoms with Crippen LogP contribution in [-0.2, 0) is 4.74 Å². The van der Waals surface area contributed by atoms with Crippen LogP contribution in [0.25, 0.3) is 0 Å². The first kappa shape index (κ1) is 14.8. The van der Waals surface area contributed by atoms with E-state index in [1.54, 1.807) is 4.90 Å². The van der Waals surface area contributed by atoms with Crippen molar-refractivity contribution in [2.24, 2.45) is 11.7 Å². The van der Waals surface area contributed by atoms with Crippen molar-refractivity contribution in [3.05, 3.63) is 24.0 Å². The van der Waals surface area contributed by atoms with Crippen LogP contribution in [0, 0.1) is 5.92 Å².